The molecule has 0 spiro atoms. The molecule has 1 aromatic carbocycles. The minimum atomic E-state index is -3.64. The van der Waals surface area contributed by atoms with Crippen LogP contribution in [0.25, 0.3) is 0 Å². The van der Waals surface area contributed by atoms with Gasteiger partial charge in [0.2, 0.25) is 10.0 Å². The van der Waals surface area contributed by atoms with E-state index in [1.54, 1.807) is 7.11 Å². The van der Waals surface area contributed by atoms with Gasteiger partial charge in [0.1, 0.15) is 10.6 Å². The van der Waals surface area contributed by atoms with Gasteiger partial charge in [-0.1, -0.05) is 12.1 Å². The van der Waals surface area contributed by atoms with Gasteiger partial charge in [0, 0.05) is 18.9 Å². The number of ether oxygens (including phenoxy) is 1. The summed E-state index contributed by atoms with van der Waals surface area (Å²) >= 11 is 0. The summed E-state index contributed by atoms with van der Waals surface area (Å²) in [6, 6.07) is 8.92. The SMILES string of the molecule is COc1ccc(CCNS(=O)(=O)c2cnccc2N)cc1. The van der Waals surface area contributed by atoms with Crippen LogP contribution in [0.5, 0.6) is 5.75 Å². The Bertz CT molecular complexity index is 700. The summed E-state index contributed by atoms with van der Waals surface area (Å²) in [4.78, 5) is 3.78. The van der Waals surface area contributed by atoms with Crippen molar-refractivity contribution < 1.29 is 13.2 Å². The molecule has 0 aliphatic rings. The second-order valence-electron chi connectivity index (χ2n) is 4.41. The van der Waals surface area contributed by atoms with Gasteiger partial charge in [-0.3, -0.25) is 4.98 Å². The molecule has 1 aromatic heterocycles. The Morgan fingerprint density at radius 1 is 1.24 bits per heavy atom. The molecule has 6 nitrogen and oxygen atoms in total. The van der Waals surface area contributed by atoms with Crippen molar-refractivity contribution in [3.05, 3.63) is 48.3 Å². The van der Waals surface area contributed by atoms with Gasteiger partial charge in [0.15, 0.2) is 0 Å². The molecule has 0 radical (unpaired) electrons. The van der Waals surface area contributed by atoms with Crippen LogP contribution in [0.3, 0.4) is 0 Å². The van der Waals surface area contributed by atoms with Crippen molar-refractivity contribution in [1.29, 1.82) is 0 Å². The number of benzene rings is 1. The first-order chi connectivity index (χ1) is 10.0. The molecule has 0 bridgehead atoms. The highest BCUT2D eigenvalue weighted by molar-refractivity contribution is 7.89. The fourth-order valence-electron chi connectivity index (χ4n) is 1.81. The minimum Gasteiger partial charge on any atom is -0.497 e. The fraction of sp³-hybridized carbons (Fsp3) is 0.214. The van der Waals surface area contributed by atoms with E-state index in [2.05, 4.69) is 9.71 Å². The zero-order valence-corrected chi connectivity index (χ0v) is 12.4. The van der Waals surface area contributed by atoms with Crippen molar-refractivity contribution >= 4 is 15.7 Å². The summed E-state index contributed by atoms with van der Waals surface area (Å²) in [5, 5.41) is 0. The van der Waals surface area contributed by atoms with Gasteiger partial charge < -0.3 is 10.5 Å². The van der Waals surface area contributed by atoms with Crippen LogP contribution in [0.1, 0.15) is 5.56 Å². The molecule has 0 fully saturated rings. The Kier molecular flexibility index (Phi) is 4.77. The number of hydrogen-bond acceptors (Lipinski definition) is 5. The number of anilines is 1. The maximum atomic E-state index is 12.1. The standard InChI is InChI=1S/C14H17N3O3S/c1-20-12-4-2-11(3-5-12)6-9-17-21(18,19)14-10-16-8-7-13(14)15/h2-5,7-8,10,17H,6,9H2,1H3,(H2,15,16). The molecule has 0 atom stereocenters. The Hall–Kier alpha value is -2.12. The van der Waals surface area contributed by atoms with Crippen molar-refractivity contribution in [2.75, 3.05) is 19.4 Å². The molecule has 0 aliphatic carbocycles. The Labute approximate surface area is 124 Å². The maximum absolute atomic E-state index is 12.1. The molecule has 0 saturated carbocycles. The van der Waals surface area contributed by atoms with Gasteiger partial charge in [0.05, 0.1) is 12.8 Å². The van der Waals surface area contributed by atoms with Crippen LogP contribution < -0.4 is 15.2 Å². The molecular formula is C14H17N3O3S. The summed E-state index contributed by atoms with van der Waals surface area (Å²) in [7, 11) is -2.04. The molecule has 0 saturated heterocycles. The smallest absolute Gasteiger partial charge is 0.244 e. The third kappa shape index (κ3) is 3.93. The monoisotopic (exact) mass is 307 g/mol. The molecule has 112 valence electrons. The lowest BCUT2D eigenvalue weighted by Crippen LogP contribution is -2.26. The van der Waals surface area contributed by atoms with Crippen LogP contribution in [0.15, 0.2) is 47.6 Å². The van der Waals surface area contributed by atoms with E-state index >= 15 is 0 Å². The molecule has 7 heteroatoms. The minimum absolute atomic E-state index is 0.000249. The highest BCUT2D eigenvalue weighted by Gasteiger charge is 2.16. The number of nitrogen functional groups attached to an aromatic ring is 1. The van der Waals surface area contributed by atoms with Crippen molar-refractivity contribution in [1.82, 2.24) is 9.71 Å². The molecule has 2 aromatic rings. The number of rotatable bonds is 6. The molecule has 3 N–H and O–H groups in total. The summed E-state index contributed by atoms with van der Waals surface area (Å²) < 4.78 is 31.8. The zero-order valence-electron chi connectivity index (χ0n) is 11.6. The second-order valence-corrected chi connectivity index (χ2v) is 6.14. The summed E-state index contributed by atoms with van der Waals surface area (Å²) in [5.74, 6) is 0.766. The van der Waals surface area contributed by atoms with Gasteiger partial charge in [0.25, 0.3) is 0 Å². The first-order valence-corrected chi connectivity index (χ1v) is 7.83. The van der Waals surface area contributed by atoms with Crippen molar-refractivity contribution in [2.45, 2.75) is 11.3 Å². The lowest BCUT2D eigenvalue weighted by Gasteiger charge is -2.08. The number of pyridine rings is 1. The highest BCUT2D eigenvalue weighted by atomic mass is 32.2. The van der Waals surface area contributed by atoms with Gasteiger partial charge >= 0.3 is 0 Å². The molecule has 0 amide bonds. The number of aromatic nitrogens is 1. The van der Waals surface area contributed by atoms with Crippen LogP contribution in [0, 0.1) is 0 Å². The first kappa shape index (κ1) is 15.3. The number of nitrogens with two attached hydrogens (primary N) is 1. The van der Waals surface area contributed by atoms with Gasteiger partial charge in [-0.2, -0.15) is 0 Å². The molecule has 2 rings (SSSR count). The molecule has 1 heterocycles. The van der Waals surface area contributed by atoms with E-state index in [-0.39, 0.29) is 17.1 Å². The normalized spacial score (nSPS) is 11.3. The van der Waals surface area contributed by atoms with Crippen molar-refractivity contribution in [3.8, 4) is 5.75 Å². The number of nitrogens with zero attached hydrogens (tertiary/aromatic N) is 1. The lowest BCUT2D eigenvalue weighted by molar-refractivity contribution is 0.414. The zero-order chi connectivity index (χ0) is 15.3. The molecular weight excluding hydrogens is 290 g/mol. The van der Waals surface area contributed by atoms with Gasteiger partial charge in [-0.15, -0.1) is 0 Å². The quantitative estimate of drug-likeness (QED) is 0.836. The molecule has 0 unspecified atom stereocenters. The lowest BCUT2D eigenvalue weighted by atomic mass is 10.1. The van der Waals surface area contributed by atoms with Crippen LogP contribution in [-0.2, 0) is 16.4 Å². The van der Waals surface area contributed by atoms with Crippen molar-refractivity contribution in [2.24, 2.45) is 0 Å². The van der Waals surface area contributed by atoms with Crippen LogP contribution in [-0.4, -0.2) is 27.1 Å². The van der Waals surface area contributed by atoms with Crippen molar-refractivity contribution in [3.63, 3.8) is 0 Å². The predicted octanol–water partition coefficient (Wildman–Crippen LogP) is 1.19. The number of hydrogen-bond donors (Lipinski definition) is 2. The number of sulfonamides is 1. The third-order valence-electron chi connectivity index (χ3n) is 2.97. The van der Waals surface area contributed by atoms with Crippen LogP contribution in [0.4, 0.5) is 5.69 Å². The summed E-state index contributed by atoms with van der Waals surface area (Å²) in [6.45, 7) is 0.281. The number of nitrogens with one attached hydrogen (secondary N) is 1. The average Bonchev–Trinajstić information content (AvgIpc) is 2.48. The second kappa shape index (κ2) is 6.55. The number of methoxy groups -OCH3 is 1. The van der Waals surface area contributed by atoms with E-state index in [0.717, 1.165) is 11.3 Å². The molecule has 21 heavy (non-hydrogen) atoms. The van der Waals surface area contributed by atoms with Crippen LogP contribution in [0.2, 0.25) is 0 Å². The third-order valence-corrected chi connectivity index (χ3v) is 4.48. The van der Waals surface area contributed by atoms with E-state index in [9.17, 15) is 8.42 Å². The van der Waals surface area contributed by atoms with E-state index < -0.39 is 10.0 Å². The Morgan fingerprint density at radius 3 is 2.57 bits per heavy atom. The fourth-order valence-corrected chi connectivity index (χ4v) is 2.92. The maximum Gasteiger partial charge on any atom is 0.244 e. The highest BCUT2D eigenvalue weighted by Crippen LogP contribution is 2.15. The Morgan fingerprint density at radius 2 is 1.95 bits per heavy atom. The largest absolute Gasteiger partial charge is 0.497 e. The predicted molar refractivity (Wildman–Crippen MR) is 80.5 cm³/mol. The topological polar surface area (TPSA) is 94.3 Å². The Balaban J connectivity index is 1.97. The van der Waals surface area contributed by atoms with Crippen LogP contribution >= 0.6 is 0 Å². The van der Waals surface area contributed by atoms with Gasteiger partial charge in [-0.05, 0) is 30.2 Å². The average molecular weight is 307 g/mol. The molecule has 0 aliphatic heterocycles. The van der Waals surface area contributed by atoms with Gasteiger partial charge in [-0.25, -0.2) is 13.1 Å². The van der Waals surface area contributed by atoms with E-state index in [1.807, 2.05) is 24.3 Å². The summed E-state index contributed by atoms with van der Waals surface area (Å²) in [5.41, 5.74) is 6.84. The first-order valence-electron chi connectivity index (χ1n) is 6.35. The van der Waals surface area contributed by atoms with E-state index in [0.29, 0.717) is 6.42 Å². The van der Waals surface area contributed by atoms with E-state index in [1.165, 1.54) is 18.5 Å². The summed E-state index contributed by atoms with van der Waals surface area (Å²) in [6.07, 6.45) is 3.26. The van der Waals surface area contributed by atoms with E-state index in [4.69, 9.17) is 10.5 Å².